The monoisotopic (exact) mass is 199 g/mol. The Morgan fingerprint density at radius 3 is 2.69 bits per heavy atom. The average Bonchev–Trinajstić information content (AvgIpc) is 2.16. The summed E-state index contributed by atoms with van der Waals surface area (Å²) in [5.74, 6) is -0.00639. The van der Waals surface area contributed by atoms with Crippen molar-refractivity contribution in [3.05, 3.63) is 29.3 Å². The van der Waals surface area contributed by atoms with E-state index in [0.29, 0.717) is 10.7 Å². The van der Waals surface area contributed by atoms with Crippen molar-refractivity contribution in [3.8, 4) is 0 Å². The van der Waals surface area contributed by atoms with E-state index >= 15 is 0 Å². The Kier molecular flexibility index (Phi) is 2.97. The Labute approximate surface area is 81.2 Å². The minimum Gasteiger partial charge on any atom is -0.408 e. The molecule has 0 radical (unpaired) electrons. The van der Waals surface area contributed by atoms with Crippen LogP contribution in [0.5, 0.6) is 0 Å². The van der Waals surface area contributed by atoms with E-state index in [9.17, 15) is 0 Å². The molecule has 1 aromatic rings. The molecule has 5 heteroatoms. The van der Waals surface area contributed by atoms with Crippen molar-refractivity contribution in [1.29, 1.82) is 0 Å². The summed E-state index contributed by atoms with van der Waals surface area (Å²) in [6.45, 7) is 0. The van der Waals surface area contributed by atoms with Gasteiger partial charge in [0.25, 0.3) is 0 Å². The van der Waals surface area contributed by atoms with E-state index in [0.717, 1.165) is 0 Å². The summed E-state index contributed by atoms with van der Waals surface area (Å²) in [6.07, 6.45) is 0. The number of nitrogens with two attached hydrogens (primary N) is 1. The standard InChI is InChI=1S/C8H10ClN3O/c1-12(8(10)11-13)7-5-3-2-4-6(7)9/h2-5,13H,1H3,(H2,10,11). The molecule has 0 aliphatic rings. The first-order valence-electron chi connectivity index (χ1n) is 3.62. The summed E-state index contributed by atoms with van der Waals surface area (Å²) in [5.41, 5.74) is 6.08. The zero-order valence-corrected chi connectivity index (χ0v) is 7.86. The first kappa shape index (κ1) is 9.67. The summed E-state index contributed by atoms with van der Waals surface area (Å²) in [6, 6.07) is 7.15. The number of hydrogen-bond donors (Lipinski definition) is 2. The first-order chi connectivity index (χ1) is 6.16. The van der Waals surface area contributed by atoms with E-state index in [1.54, 1.807) is 19.2 Å². The molecule has 0 saturated carbocycles. The zero-order chi connectivity index (χ0) is 9.84. The van der Waals surface area contributed by atoms with E-state index < -0.39 is 0 Å². The van der Waals surface area contributed by atoms with E-state index in [2.05, 4.69) is 5.16 Å². The lowest BCUT2D eigenvalue weighted by Crippen LogP contribution is -2.33. The molecule has 0 bridgehead atoms. The fourth-order valence-electron chi connectivity index (χ4n) is 0.914. The largest absolute Gasteiger partial charge is 0.408 e. The minimum atomic E-state index is -0.00639. The lowest BCUT2D eigenvalue weighted by Gasteiger charge is -2.17. The van der Waals surface area contributed by atoms with Gasteiger partial charge in [0.2, 0.25) is 5.96 Å². The Morgan fingerprint density at radius 2 is 2.15 bits per heavy atom. The molecule has 0 spiro atoms. The van der Waals surface area contributed by atoms with Crippen molar-refractivity contribution < 1.29 is 5.21 Å². The maximum absolute atomic E-state index is 8.44. The van der Waals surface area contributed by atoms with Crippen LogP contribution in [0.15, 0.2) is 29.4 Å². The molecule has 0 heterocycles. The number of guanidine groups is 1. The van der Waals surface area contributed by atoms with Gasteiger partial charge in [0.1, 0.15) is 0 Å². The Bertz CT molecular complexity index is 327. The van der Waals surface area contributed by atoms with Gasteiger partial charge in [-0.2, -0.15) is 0 Å². The number of anilines is 1. The van der Waals surface area contributed by atoms with Gasteiger partial charge < -0.3 is 15.8 Å². The van der Waals surface area contributed by atoms with Crippen LogP contribution in [0, 0.1) is 0 Å². The van der Waals surface area contributed by atoms with Crippen molar-refractivity contribution in [1.82, 2.24) is 0 Å². The van der Waals surface area contributed by atoms with Crippen molar-refractivity contribution in [2.24, 2.45) is 10.9 Å². The predicted octanol–water partition coefficient (Wildman–Crippen LogP) is 1.48. The van der Waals surface area contributed by atoms with Gasteiger partial charge in [-0.05, 0) is 12.1 Å². The zero-order valence-electron chi connectivity index (χ0n) is 7.11. The molecule has 4 nitrogen and oxygen atoms in total. The molecule has 0 saturated heterocycles. The van der Waals surface area contributed by atoms with Crippen LogP contribution in [0.25, 0.3) is 0 Å². The highest BCUT2D eigenvalue weighted by Gasteiger charge is 2.07. The lowest BCUT2D eigenvalue weighted by molar-refractivity contribution is 0.317. The highest BCUT2D eigenvalue weighted by Crippen LogP contribution is 2.23. The van der Waals surface area contributed by atoms with Crippen LogP contribution in [0.2, 0.25) is 5.02 Å². The molecule has 1 rings (SSSR count). The molecular weight excluding hydrogens is 190 g/mol. The Balaban J connectivity index is 3.02. The Hall–Kier alpha value is -1.42. The number of oxime groups is 1. The van der Waals surface area contributed by atoms with Crippen LogP contribution >= 0.6 is 11.6 Å². The molecule has 13 heavy (non-hydrogen) atoms. The number of hydrogen-bond acceptors (Lipinski definition) is 2. The van der Waals surface area contributed by atoms with Crippen LogP contribution < -0.4 is 10.6 Å². The van der Waals surface area contributed by atoms with E-state index in [1.807, 2.05) is 12.1 Å². The smallest absolute Gasteiger partial charge is 0.237 e. The Morgan fingerprint density at radius 1 is 1.54 bits per heavy atom. The van der Waals surface area contributed by atoms with Crippen LogP contribution in [-0.4, -0.2) is 18.2 Å². The van der Waals surface area contributed by atoms with Gasteiger partial charge >= 0.3 is 0 Å². The lowest BCUT2D eigenvalue weighted by atomic mass is 10.3. The number of benzene rings is 1. The van der Waals surface area contributed by atoms with Crippen molar-refractivity contribution in [3.63, 3.8) is 0 Å². The summed E-state index contributed by atoms with van der Waals surface area (Å²) >= 11 is 5.89. The van der Waals surface area contributed by atoms with Crippen LogP contribution in [0.4, 0.5) is 5.69 Å². The van der Waals surface area contributed by atoms with Gasteiger partial charge in [0.15, 0.2) is 0 Å². The molecule has 0 atom stereocenters. The SMILES string of the molecule is CN(/C(N)=N/O)c1ccccc1Cl. The molecule has 70 valence electrons. The second kappa shape index (κ2) is 4.00. The summed E-state index contributed by atoms with van der Waals surface area (Å²) in [5, 5.41) is 11.9. The first-order valence-corrected chi connectivity index (χ1v) is 4.00. The van der Waals surface area contributed by atoms with E-state index in [4.69, 9.17) is 22.5 Å². The number of para-hydroxylation sites is 1. The van der Waals surface area contributed by atoms with Crippen molar-refractivity contribution in [2.75, 3.05) is 11.9 Å². The highest BCUT2D eigenvalue weighted by molar-refractivity contribution is 6.33. The molecule has 0 aliphatic carbocycles. The van der Waals surface area contributed by atoms with Gasteiger partial charge in [0, 0.05) is 7.05 Å². The molecule has 0 unspecified atom stereocenters. The van der Waals surface area contributed by atoms with Gasteiger partial charge in [-0.1, -0.05) is 28.9 Å². The van der Waals surface area contributed by atoms with Crippen LogP contribution in [-0.2, 0) is 0 Å². The number of halogens is 1. The topological polar surface area (TPSA) is 61.8 Å². The third-order valence-electron chi connectivity index (χ3n) is 1.66. The molecule has 0 aliphatic heterocycles. The summed E-state index contributed by atoms with van der Waals surface area (Å²) in [7, 11) is 1.66. The van der Waals surface area contributed by atoms with E-state index in [-0.39, 0.29) is 5.96 Å². The second-order valence-electron chi connectivity index (χ2n) is 2.47. The molecule has 0 amide bonds. The van der Waals surface area contributed by atoms with Gasteiger partial charge in [-0.3, -0.25) is 0 Å². The summed E-state index contributed by atoms with van der Waals surface area (Å²) < 4.78 is 0. The minimum absolute atomic E-state index is 0.00639. The summed E-state index contributed by atoms with van der Waals surface area (Å²) in [4.78, 5) is 1.49. The molecule has 1 aromatic carbocycles. The van der Waals surface area contributed by atoms with Gasteiger partial charge in [-0.15, -0.1) is 0 Å². The average molecular weight is 200 g/mol. The molecule has 0 aromatic heterocycles. The van der Waals surface area contributed by atoms with E-state index in [1.165, 1.54) is 4.90 Å². The number of nitrogens with zero attached hydrogens (tertiary/aromatic N) is 2. The van der Waals surface area contributed by atoms with Crippen LogP contribution in [0.1, 0.15) is 0 Å². The fraction of sp³-hybridized carbons (Fsp3) is 0.125. The maximum atomic E-state index is 8.44. The number of rotatable bonds is 1. The second-order valence-corrected chi connectivity index (χ2v) is 2.88. The third-order valence-corrected chi connectivity index (χ3v) is 1.98. The van der Waals surface area contributed by atoms with Crippen LogP contribution in [0.3, 0.4) is 0 Å². The quantitative estimate of drug-likeness (QED) is 0.312. The van der Waals surface area contributed by atoms with Gasteiger partial charge in [0.05, 0.1) is 10.7 Å². The fourth-order valence-corrected chi connectivity index (χ4v) is 1.18. The highest BCUT2D eigenvalue weighted by atomic mass is 35.5. The third kappa shape index (κ3) is 2.03. The van der Waals surface area contributed by atoms with Gasteiger partial charge in [-0.25, -0.2) is 0 Å². The van der Waals surface area contributed by atoms with Crippen molar-refractivity contribution in [2.45, 2.75) is 0 Å². The molecular formula is C8H10ClN3O. The molecule has 0 fully saturated rings. The molecule has 3 N–H and O–H groups in total. The predicted molar refractivity (Wildman–Crippen MR) is 53.3 cm³/mol. The normalized spacial score (nSPS) is 11.4. The maximum Gasteiger partial charge on any atom is 0.237 e. The van der Waals surface area contributed by atoms with Crippen molar-refractivity contribution >= 4 is 23.2 Å².